The first-order chi connectivity index (χ1) is 7.73. The van der Waals surface area contributed by atoms with Crippen molar-refractivity contribution in [1.82, 2.24) is 0 Å². The van der Waals surface area contributed by atoms with Gasteiger partial charge in [0, 0.05) is 5.56 Å². The molecule has 6 heteroatoms. The Bertz CT molecular complexity index is 426. The number of hydrogen-bond donors (Lipinski definition) is 1. The molecule has 0 aromatic heterocycles. The smallest absolute Gasteiger partial charge is 0.416 e. The third-order valence-electron chi connectivity index (χ3n) is 2.33. The number of aliphatic carboxylic acids is 1. The first-order valence-corrected chi connectivity index (χ1v) is 4.81. The van der Waals surface area contributed by atoms with Crippen LogP contribution in [0.1, 0.15) is 30.4 Å². The molecule has 1 aromatic carbocycles. The number of halogens is 4. The molecule has 0 amide bonds. The summed E-state index contributed by atoms with van der Waals surface area (Å²) < 4.78 is 51.2. The van der Waals surface area contributed by atoms with E-state index >= 15 is 0 Å². The molecule has 0 saturated heterocycles. The predicted octanol–water partition coefficient (Wildman–Crippen LogP) is 3.42. The van der Waals surface area contributed by atoms with Crippen LogP contribution in [0.3, 0.4) is 0 Å². The van der Waals surface area contributed by atoms with Crippen LogP contribution in [0.15, 0.2) is 18.2 Å². The molecule has 1 rings (SSSR count). The van der Waals surface area contributed by atoms with E-state index in [2.05, 4.69) is 0 Å². The van der Waals surface area contributed by atoms with Crippen LogP contribution in [0.5, 0.6) is 0 Å². The van der Waals surface area contributed by atoms with E-state index in [4.69, 9.17) is 5.11 Å². The SMILES string of the molecule is CC(CC(=O)O)c1c(F)cccc1C(F)(F)F. The number of carbonyl (C=O) groups is 1. The van der Waals surface area contributed by atoms with Crippen LogP contribution in [0, 0.1) is 5.82 Å². The first-order valence-electron chi connectivity index (χ1n) is 4.81. The van der Waals surface area contributed by atoms with Gasteiger partial charge in [-0.1, -0.05) is 13.0 Å². The Labute approximate surface area is 94.9 Å². The fraction of sp³-hybridized carbons (Fsp3) is 0.364. The molecular formula is C11H10F4O2. The van der Waals surface area contributed by atoms with Crippen molar-refractivity contribution in [3.05, 3.63) is 35.1 Å². The first kappa shape index (κ1) is 13.5. The lowest BCUT2D eigenvalue weighted by molar-refractivity contribution is -0.140. The molecule has 0 aliphatic rings. The van der Waals surface area contributed by atoms with Gasteiger partial charge >= 0.3 is 12.1 Å². The zero-order chi connectivity index (χ0) is 13.2. The molecule has 0 spiro atoms. The molecule has 2 nitrogen and oxygen atoms in total. The summed E-state index contributed by atoms with van der Waals surface area (Å²) >= 11 is 0. The van der Waals surface area contributed by atoms with Crippen LogP contribution in [-0.2, 0) is 11.0 Å². The van der Waals surface area contributed by atoms with E-state index in [1.54, 1.807) is 0 Å². The van der Waals surface area contributed by atoms with Crippen LogP contribution in [0.25, 0.3) is 0 Å². The molecule has 1 aromatic rings. The van der Waals surface area contributed by atoms with Crippen LogP contribution in [0.4, 0.5) is 17.6 Å². The third-order valence-corrected chi connectivity index (χ3v) is 2.33. The summed E-state index contributed by atoms with van der Waals surface area (Å²) in [6.07, 6.45) is -5.24. The Balaban J connectivity index is 3.25. The standard InChI is InChI=1S/C11H10F4O2/c1-6(5-9(16)17)10-7(11(13,14)15)3-2-4-8(10)12/h2-4,6H,5H2,1H3,(H,16,17). The topological polar surface area (TPSA) is 37.3 Å². The highest BCUT2D eigenvalue weighted by Gasteiger charge is 2.36. The van der Waals surface area contributed by atoms with E-state index in [0.717, 1.165) is 18.2 Å². The average molecular weight is 250 g/mol. The van der Waals surface area contributed by atoms with Crippen molar-refractivity contribution in [3.8, 4) is 0 Å². The lowest BCUT2D eigenvalue weighted by Gasteiger charge is -2.17. The minimum atomic E-state index is -4.69. The Hall–Kier alpha value is -1.59. The zero-order valence-electron chi connectivity index (χ0n) is 8.88. The summed E-state index contributed by atoms with van der Waals surface area (Å²) in [5, 5.41) is 8.53. The molecule has 0 fully saturated rings. The van der Waals surface area contributed by atoms with Gasteiger partial charge in [0.25, 0.3) is 0 Å². The van der Waals surface area contributed by atoms with E-state index in [0.29, 0.717) is 0 Å². The lowest BCUT2D eigenvalue weighted by Crippen LogP contribution is -2.14. The maximum atomic E-state index is 13.4. The minimum Gasteiger partial charge on any atom is -0.481 e. The highest BCUT2D eigenvalue weighted by Crippen LogP contribution is 2.37. The number of carboxylic acids is 1. The Morgan fingerprint density at radius 1 is 1.41 bits per heavy atom. The van der Waals surface area contributed by atoms with Crippen molar-refractivity contribution in [3.63, 3.8) is 0 Å². The van der Waals surface area contributed by atoms with Crippen molar-refractivity contribution in [1.29, 1.82) is 0 Å². The van der Waals surface area contributed by atoms with Crippen LogP contribution in [0.2, 0.25) is 0 Å². The Kier molecular flexibility index (Phi) is 3.75. The van der Waals surface area contributed by atoms with Crippen LogP contribution < -0.4 is 0 Å². The zero-order valence-corrected chi connectivity index (χ0v) is 8.88. The Morgan fingerprint density at radius 2 is 2.00 bits per heavy atom. The van der Waals surface area contributed by atoms with Crippen molar-refractivity contribution < 1.29 is 27.5 Å². The van der Waals surface area contributed by atoms with Crippen molar-refractivity contribution in [2.75, 3.05) is 0 Å². The van der Waals surface area contributed by atoms with Gasteiger partial charge in [0.05, 0.1) is 12.0 Å². The number of carboxylic acid groups (broad SMARTS) is 1. The molecule has 0 saturated carbocycles. The second-order valence-electron chi connectivity index (χ2n) is 3.70. The summed E-state index contributed by atoms with van der Waals surface area (Å²) in [6, 6.07) is 2.59. The predicted molar refractivity (Wildman–Crippen MR) is 52.1 cm³/mol. The van der Waals surface area contributed by atoms with Gasteiger partial charge in [0.1, 0.15) is 5.82 Å². The molecule has 1 unspecified atom stereocenters. The monoisotopic (exact) mass is 250 g/mol. The van der Waals surface area contributed by atoms with Crippen molar-refractivity contribution >= 4 is 5.97 Å². The number of hydrogen-bond acceptors (Lipinski definition) is 1. The highest BCUT2D eigenvalue weighted by atomic mass is 19.4. The second-order valence-corrected chi connectivity index (χ2v) is 3.70. The molecule has 0 heterocycles. The van der Waals surface area contributed by atoms with Crippen LogP contribution >= 0.6 is 0 Å². The fourth-order valence-corrected chi connectivity index (χ4v) is 1.65. The molecule has 17 heavy (non-hydrogen) atoms. The maximum absolute atomic E-state index is 13.4. The van der Waals surface area contributed by atoms with Gasteiger partial charge < -0.3 is 5.11 Å². The van der Waals surface area contributed by atoms with Gasteiger partial charge in [-0.25, -0.2) is 4.39 Å². The van der Waals surface area contributed by atoms with Gasteiger partial charge in [0.2, 0.25) is 0 Å². The molecular weight excluding hydrogens is 240 g/mol. The summed E-state index contributed by atoms with van der Waals surface area (Å²) in [7, 11) is 0. The van der Waals surface area contributed by atoms with Gasteiger partial charge in [0.15, 0.2) is 0 Å². The minimum absolute atomic E-state index is 0.552. The molecule has 0 aliphatic heterocycles. The summed E-state index contributed by atoms with van der Waals surface area (Å²) in [5.41, 5.74) is -1.71. The molecule has 1 atom stereocenters. The summed E-state index contributed by atoms with van der Waals surface area (Å²) in [4.78, 5) is 10.5. The number of benzene rings is 1. The normalized spacial score (nSPS) is 13.5. The van der Waals surface area contributed by atoms with E-state index in [-0.39, 0.29) is 0 Å². The van der Waals surface area contributed by atoms with E-state index in [9.17, 15) is 22.4 Å². The van der Waals surface area contributed by atoms with E-state index in [1.165, 1.54) is 6.92 Å². The Morgan fingerprint density at radius 3 is 2.47 bits per heavy atom. The van der Waals surface area contributed by atoms with Crippen molar-refractivity contribution in [2.24, 2.45) is 0 Å². The number of alkyl halides is 3. The summed E-state index contributed by atoms with van der Waals surface area (Å²) in [6.45, 7) is 1.25. The van der Waals surface area contributed by atoms with Gasteiger partial charge in [-0.15, -0.1) is 0 Å². The highest BCUT2D eigenvalue weighted by molar-refractivity contribution is 5.68. The average Bonchev–Trinajstić information content (AvgIpc) is 2.14. The number of rotatable bonds is 3. The molecule has 1 N–H and O–H groups in total. The molecule has 94 valence electrons. The van der Waals surface area contributed by atoms with E-state index < -0.39 is 41.4 Å². The molecule has 0 aliphatic carbocycles. The van der Waals surface area contributed by atoms with E-state index in [1.807, 2.05) is 0 Å². The third kappa shape index (κ3) is 3.18. The molecule has 0 bridgehead atoms. The largest absolute Gasteiger partial charge is 0.481 e. The van der Waals surface area contributed by atoms with Crippen molar-refractivity contribution in [2.45, 2.75) is 25.4 Å². The van der Waals surface area contributed by atoms with Gasteiger partial charge in [-0.05, 0) is 18.1 Å². The van der Waals surface area contributed by atoms with Gasteiger partial charge in [-0.2, -0.15) is 13.2 Å². The van der Waals surface area contributed by atoms with Crippen LogP contribution in [-0.4, -0.2) is 11.1 Å². The summed E-state index contributed by atoms with van der Waals surface area (Å²) in [5.74, 6) is -3.34. The molecule has 0 radical (unpaired) electrons. The quantitative estimate of drug-likeness (QED) is 0.834. The second kappa shape index (κ2) is 4.73. The lowest BCUT2D eigenvalue weighted by atomic mass is 9.92. The maximum Gasteiger partial charge on any atom is 0.416 e. The fourth-order valence-electron chi connectivity index (χ4n) is 1.65. The van der Waals surface area contributed by atoms with Gasteiger partial charge in [-0.3, -0.25) is 4.79 Å².